The molecular formula is C17H15N3O3S. The number of aliphatic carboxylic acids is 1. The van der Waals surface area contributed by atoms with Crippen molar-refractivity contribution in [3.63, 3.8) is 0 Å². The molecule has 1 aliphatic heterocycles. The minimum atomic E-state index is -1.01. The van der Waals surface area contributed by atoms with Crippen molar-refractivity contribution in [1.82, 2.24) is 5.32 Å². The predicted octanol–water partition coefficient (Wildman–Crippen LogP) is 2.63. The van der Waals surface area contributed by atoms with Gasteiger partial charge in [-0.3, -0.25) is 9.59 Å². The highest BCUT2D eigenvalue weighted by Crippen LogP contribution is 2.22. The summed E-state index contributed by atoms with van der Waals surface area (Å²) in [6.07, 6.45) is -0.233. The van der Waals surface area contributed by atoms with Crippen LogP contribution in [-0.4, -0.2) is 33.1 Å². The first-order valence-corrected chi connectivity index (χ1v) is 8.21. The molecule has 1 atom stereocenters. The van der Waals surface area contributed by atoms with Gasteiger partial charge < -0.3 is 10.4 Å². The number of amides is 1. The third kappa shape index (κ3) is 3.62. The number of carbonyl (C=O) groups excluding carboxylic acids is 1. The summed E-state index contributed by atoms with van der Waals surface area (Å²) in [5.74, 6) is -1.36. The van der Waals surface area contributed by atoms with Crippen LogP contribution in [0.25, 0.3) is 10.8 Å². The maximum Gasteiger partial charge on any atom is 0.305 e. The Bertz CT molecular complexity index is 876. The summed E-state index contributed by atoms with van der Waals surface area (Å²) in [7, 11) is 0. The number of fused-ring (bicyclic) bond motifs is 1. The molecule has 0 radical (unpaired) electrons. The molecule has 0 saturated carbocycles. The molecule has 3 rings (SSSR count). The van der Waals surface area contributed by atoms with Gasteiger partial charge in [-0.15, -0.1) is 5.10 Å². The number of nitrogens with zero attached hydrogens (tertiary/aromatic N) is 2. The summed E-state index contributed by atoms with van der Waals surface area (Å²) in [4.78, 5) is 22.4. The number of hydrogen-bond donors (Lipinski definition) is 2. The van der Waals surface area contributed by atoms with Gasteiger partial charge in [-0.25, -0.2) is 0 Å². The Morgan fingerprint density at radius 3 is 2.75 bits per heavy atom. The Morgan fingerprint density at radius 2 is 2.00 bits per heavy atom. The first kappa shape index (κ1) is 16.2. The van der Waals surface area contributed by atoms with Crippen LogP contribution in [0.1, 0.15) is 18.9 Å². The van der Waals surface area contributed by atoms with Gasteiger partial charge in [0.2, 0.25) is 5.91 Å². The Kier molecular flexibility index (Phi) is 4.61. The molecule has 0 aromatic heterocycles. The molecule has 0 spiro atoms. The van der Waals surface area contributed by atoms with Gasteiger partial charge in [0.15, 0.2) is 5.17 Å². The monoisotopic (exact) mass is 341 g/mol. The third-order valence-electron chi connectivity index (χ3n) is 3.59. The minimum Gasteiger partial charge on any atom is -0.481 e. The van der Waals surface area contributed by atoms with Crippen molar-refractivity contribution in [2.75, 3.05) is 0 Å². The van der Waals surface area contributed by atoms with E-state index >= 15 is 0 Å². The Hall–Kier alpha value is -2.67. The number of benzene rings is 2. The smallest absolute Gasteiger partial charge is 0.305 e. The van der Waals surface area contributed by atoms with Crippen molar-refractivity contribution < 1.29 is 14.7 Å². The fourth-order valence-electron chi connectivity index (χ4n) is 2.34. The molecule has 1 aliphatic rings. The summed E-state index contributed by atoms with van der Waals surface area (Å²) in [5, 5.41) is 21.4. The molecule has 0 unspecified atom stereocenters. The summed E-state index contributed by atoms with van der Waals surface area (Å²) in [5.41, 5.74) is 1.65. The van der Waals surface area contributed by atoms with Gasteiger partial charge in [0.1, 0.15) is 5.25 Å². The molecule has 1 saturated heterocycles. The Balaban J connectivity index is 1.78. The predicted molar refractivity (Wildman–Crippen MR) is 95.4 cm³/mol. The van der Waals surface area contributed by atoms with Gasteiger partial charge >= 0.3 is 5.97 Å². The van der Waals surface area contributed by atoms with Crippen LogP contribution in [0, 0.1) is 0 Å². The van der Waals surface area contributed by atoms with E-state index in [-0.39, 0.29) is 12.3 Å². The van der Waals surface area contributed by atoms with Crippen molar-refractivity contribution in [2.24, 2.45) is 10.2 Å². The first-order valence-electron chi connectivity index (χ1n) is 7.33. The van der Waals surface area contributed by atoms with E-state index in [1.165, 1.54) is 0 Å². The van der Waals surface area contributed by atoms with Crippen LogP contribution in [0.5, 0.6) is 0 Å². The van der Waals surface area contributed by atoms with Crippen LogP contribution in [-0.2, 0) is 9.59 Å². The van der Waals surface area contributed by atoms with Crippen LogP contribution in [0.4, 0.5) is 0 Å². The molecule has 2 aromatic carbocycles. The van der Waals surface area contributed by atoms with Gasteiger partial charge in [0, 0.05) is 0 Å². The van der Waals surface area contributed by atoms with E-state index in [9.17, 15) is 9.59 Å². The maximum atomic E-state index is 11.7. The van der Waals surface area contributed by atoms with Crippen molar-refractivity contribution in [3.05, 3.63) is 48.0 Å². The molecule has 122 valence electrons. The van der Waals surface area contributed by atoms with Crippen LogP contribution in [0.2, 0.25) is 0 Å². The van der Waals surface area contributed by atoms with E-state index in [0.717, 1.165) is 28.1 Å². The number of hydrogen-bond acceptors (Lipinski definition) is 5. The highest BCUT2D eigenvalue weighted by molar-refractivity contribution is 8.15. The van der Waals surface area contributed by atoms with E-state index in [2.05, 4.69) is 15.5 Å². The number of carbonyl (C=O) groups is 2. The second-order valence-electron chi connectivity index (χ2n) is 5.35. The number of carboxylic acids is 1. The molecule has 6 nitrogen and oxygen atoms in total. The number of amidine groups is 1. The second-order valence-corrected chi connectivity index (χ2v) is 6.54. The van der Waals surface area contributed by atoms with Gasteiger partial charge in [0.25, 0.3) is 0 Å². The number of thioether (sulfide) groups is 1. The molecule has 0 bridgehead atoms. The maximum absolute atomic E-state index is 11.7. The Morgan fingerprint density at radius 1 is 1.25 bits per heavy atom. The number of nitrogens with one attached hydrogen (secondary N) is 1. The van der Waals surface area contributed by atoms with Gasteiger partial charge in [-0.2, -0.15) is 5.10 Å². The van der Waals surface area contributed by atoms with Crippen LogP contribution < -0.4 is 5.32 Å². The topological polar surface area (TPSA) is 91.1 Å². The zero-order valence-corrected chi connectivity index (χ0v) is 13.7. The largest absolute Gasteiger partial charge is 0.481 e. The van der Waals surface area contributed by atoms with Crippen molar-refractivity contribution >= 4 is 45.3 Å². The van der Waals surface area contributed by atoms with Gasteiger partial charge in [-0.05, 0) is 29.3 Å². The highest BCUT2D eigenvalue weighted by atomic mass is 32.2. The summed E-state index contributed by atoms with van der Waals surface area (Å²) >= 11 is 1.09. The molecule has 2 N–H and O–H groups in total. The molecular weight excluding hydrogens is 326 g/mol. The molecule has 0 aliphatic carbocycles. The quantitative estimate of drug-likeness (QED) is 0.660. The zero-order chi connectivity index (χ0) is 17.1. The summed E-state index contributed by atoms with van der Waals surface area (Å²) in [6.45, 7) is 1.84. The van der Waals surface area contributed by atoms with Gasteiger partial charge in [0.05, 0.1) is 12.1 Å². The SMILES string of the molecule is C/C(=N/N=C1\NC(=O)[C@H](CC(=O)O)S1)c1ccc2ccccc2c1. The van der Waals surface area contributed by atoms with E-state index in [1.54, 1.807) is 0 Å². The van der Waals surface area contributed by atoms with E-state index in [0.29, 0.717) is 10.9 Å². The van der Waals surface area contributed by atoms with E-state index in [4.69, 9.17) is 5.11 Å². The Labute approximate surface area is 142 Å². The zero-order valence-electron chi connectivity index (χ0n) is 12.9. The third-order valence-corrected chi connectivity index (χ3v) is 4.67. The average molecular weight is 341 g/mol. The molecule has 1 fully saturated rings. The normalized spacial score (nSPS) is 19.7. The molecule has 2 aromatic rings. The standard InChI is InChI=1S/C17H15N3O3S/c1-10(12-7-6-11-4-2-3-5-13(11)8-12)19-20-17-18-16(23)14(24-17)9-15(21)22/h2-8,14H,9H2,1H3,(H,21,22)(H,18,20,23)/b19-10-/t14-/m0/s1. The van der Waals surface area contributed by atoms with E-state index in [1.807, 2.05) is 49.4 Å². The lowest BCUT2D eigenvalue weighted by molar-refractivity contribution is -0.138. The lowest BCUT2D eigenvalue weighted by Crippen LogP contribution is -2.26. The van der Waals surface area contributed by atoms with Crippen LogP contribution in [0.3, 0.4) is 0 Å². The highest BCUT2D eigenvalue weighted by Gasteiger charge is 2.32. The average Bonchev–Trinajstić information content (AvgIpc) is 2.91. The second kappa shape index (κ2) is 6.84. The lowest BCUT2D eigenvalue weighted by Gasteiger charge is -2.02. The molecule has 1 amide bonds. The number of carboxylic acid groups (broad SMARTS) is 1. The minimum absolute atomic E-state index is 0.233. The lowest BCUT2D eigenvalue weighted by atomic mass is 10.0. The van der Waals surface area contributed by atoms with Crippen molar-refractivity contribution in [3.8, 4) is 0 Å². The van der Waals surface area contributed by atoms with E-state index < -0.39 is 11.2 Å². The molecule has 7 heteroatoms. The first-order chi connectivity index (χ1) is 11.5. The summed E-state index contributed by atoms with van der Waals surface area (Å²) < 4.78 is 0. The van der Waals surface area contributed by atoms with Crippen molar-refractivity contribution in [1.29, 1.82) is 0 Å². The van der Waals surface area contributed by atoms with Crippen LogP contribution in [0.15, 0.2) is 52.7 Å². The molecule has 24 heavy (non-hydrogen) atoms. The number of rotatable bonds is 4. The molecule has 1 heterocycles. The summed E-state index contributed by atoms with van der Waals surface area (Å²) in [6, 6.07) is 14.1. The van der Waals surface area contributed by atoms with Crippen molar-refractivity contribution in [2.45, 2.75) is 18.6 Å². The fourth-order valence-corrected chi connectivity index (χ4v) is 3.25. The van der Waals surface area contributed by atoms with Gasteiger partial charge in [-0.1, -0.05) is 48.2 Å². The van der Waals surface area contributed by atoms with Crippen LogP contribution >= 0.6 is 11.8 Å². The fraction of sp³-hybridized carbons (Fsp3) is 0.176.